The molecule has 1 aliphatic heterocycles. The van der Waals surface area contributed by atoms with Crippen LogP contribution in [0.5, 0.6) is 0 Å². The summed E-state index contributed by atoms with van der Waals surface area (Å²) in [4.78, 5) is 0. The molecule has 0 bridgehead atoms. The van der Waals surface area contributed by atoms with Gasteiger partial charge < -0.3 is 10.5 Å². The van der Waals surface area contributed by atoms with E-state index in [0.717, 1.165) is 0 Å². The summed E-state index contributed by atoms with van der Waals surface area (Å²) in [5, 5.41) is 0. The highest BCUT2D eigenvalue weighted by molar-refractivity contribution is 7.89. The Morgan fingerprint density at radius 2 is 1.86 bits per heavy atom. The van der Waals surface area contributed by atoms with Gasteiger partial charge in [0.05, 0.1) is 18.0 Å². The van der Waals surface area contributed by atoms with Crippen molar-refractivity contribution in [3.8, 4) is 0 Å². The molecule has 0 aromatic carbocycles. The second-order valence-corrected chi connectivity index (χ2v) is 5.77. The molecule has 6 heteroatoms. The van der Waals surface area contributed by atoms with Crippen molar-refractivity contribution in [2.45, 2.75) is 26.1 Å². The highest BCUT2D eigenvalue weighted by Crippen LogP contribution is 2.14. The van der Waals surface area contributed by atoms with Gasteiger partial charge in [0.2, 0.25) is 10.0 Å². The van der Waals surface area contributed by atoms with Gasteiger partial charge in [-0.05, 0) is 13.8 Å². The summed E-state index contributed by atoms with van der Waals surface area (Å²) in [6, 6.07) is 0. The fourth-order valence-corrected chi connectivity index (χ4v) is 3.07. The number of nitrogens with zero attached hydrogens (tertiary/aromatic N) is 1. The number of nitrogens with two attached hydrogens (primary N) is 1. The molecule has 2 N–H and O–H groups in total. The molecule has 0 aromatic rings. The highest BCUT2D eigenvalue weighted by atomic mass is 32.2. The molecule has 1 saturated heterocycles. The molecule has 0 unspecified atom stereocenters. The molecular weight excluding hydrogens is 204 g/mol. The lowest BCUT2D eigenvalue weighted by molar-refractivity contribution is -0.0440. The van der Waals surface area contributed by atoms with Crippen molar-refractivity contribution in [1.82, 2.24) is 4.31 Å². The van der Waals surface area contributed by atoms with E-state index in [1.165, 1.54) is 4.31 Å². The molecule has 1 fully saturated rings. The second-order valence-electron chi connectivity index (χ2n) is 3.68. The van der Waals surface area contributed by atoms with E-state index >= 15 is 0 Å². The van der Waals surface area contributed by atoms with Gasteiger partial charge in [-0.1, -0.05) is 0 Å². The molecule has 84 valence electrons. The van der Waals surface area contributed by atoms with E-state index in [4.69, 9.17) is 10.5 Å². The van der Waals surface area contributed by atoms with Crippen molar-refractivity contribution >= 4 is 10.0 Å². The highest BCUT2D eigenvalue weighted by Gasteiger charge is 2.30. The molecule has 5 nitrogen and oxygen atoms in total. The van der Waals surface area contributed by atoms with E-state index in [-0.39, 0.29) is 24.5 Å². The van der Waals surface area contributed by atoms with Crippen LogP contribution in [0.1, 0.15) is 13.8 Å². The Labute approximate surface area is 85.3 Å². The fourth-order valence-electron chi connectivity index (χ4n) is 1.64. The molecule has 0 radical (unpaired) electrons. The lowest BCUT2D eigenvalue weighted by atomic mass is 10.3. The predicted molar refractivity (Wildman–Crippen MR) is 54.4 cm³/mol. The monoisotopic (exact) mass is 222 g/mol. The van der Waals surface area contributed by atoms with E-state index < -0.39 is 10.0 Å². The summed E-state index contributed by atoms with van der Waals surface area (Å²) in [5.74, 6) is 0.0203. The zero-order chi connectivity index (χ0) is 10.8. The predicted octanol–water partition coefficient (Wildman–Crippen LogP) is -0.616. The van der Waals surface area contributed by atoms with Gasteiger partial charge in [0.25, 0.3) is 0 Å². The lowest BCUT2D eigenvalue weighted by Gasteiger charge is -2.34. The van der Waals surface area contributed by atoms with Crippen LogP contribution >= 0.6 is 0 Å². The molecular formula is C8H18N2O3S. The molecule has 1 rings (SSSR count). The number of sulfonamides is 1. The Kier molecular flexibility index (Phi) is 3.88. The van der Waals surface area contributed by atoms with Gasteiger partial charge in [0, 0.05) is 19.6 Å². The van der Waals surface area contributed by atoms with Gasteiger partial charge in [-0.2, -0.15) is 4.31 Å². The summed E-state index contributed by atoms with van der Waals surface area (Å²) >= 11 is 0. The number of hydrogen-bond acceptors (Lipinski definition) is 4. The van der Waals surface area contributed by atoms with Crippen molar-refractivity contribution in [1.29, 1.82) is 0 Å². The van der Waals surface area contributed by atoms with Crippen LogP contribution in [0.25, 0.3) is 0 Å². The van der Waals surface area contributed by atoms with Crippen LogP contribution in [0.3, 0.4) is 0 Å². The molecule has 0 aromatic heterocycles. The van der Waals surface area contributed by atoms with Crippen LogP contribution in [0, 0.1) is 0 Å². The summed E-state index contributed by atoms with van der Waals surface area (Å²) in [6.07, 6.45) is -0.0717. The van der Waals surface area contributed by atoms with Crippen molar-refractivity contribution in [3.05, 3.63) is 0 Å². The van der Waals surface area contributed by atoms with Gasteiger partial charge in [-0.25, -0.2) is 8.42 Å². The first-order valence-corrected chi connectivity index (χ1v) is 6.40. The normalized spacial score (nSPS) is 30.5. The number of hydrogen-bond donors (Lipinski definition) is 1. The summed E-state index contributed by atoms with van der Waals surface area (Å²) in [6.45, 7) is 4.79. The number of rotatable bonds is 3. The van der Waals surface area contributed by atoms with Crippen LogP contribution in [-0.2, 0) is 14.8 Å². The maximum absolute atomic E-state index is 11.7. The molecule has 2 atom stereocenters. The van der Waals surface area contributed by atoms with E-state index in [2.05, 4.69) is 0 Å². The molecule has 0 spiro atoms. The minimum absolute atomic E-state index is 0.0203. The Hall–Kier alpha value is -0.170. The first-order chi connectivity index (χ1) is 6.45. The topological polar surface area (TPSA) is 72.6 Å². The zero-order valence-corrected chi connectivity index (χ0v) is 9.46. The molecule has 1 heterocycles. The number of ether oxygens (including phenoxy) is 1. The van der Waals surface area contributed by atoms with Crippen LogP contribution in [-0.4, -0.2) is 50.3 Å². The maximum atomic E-state index is 11.7. The Morgan fingerprint density at radius 1 is 1.36 bits per heavy atom. The maximum Gasteiger partial charge on any atom is 0.215 e. The van der Waals surface area contributed by atoms with Crippen LogP contribution in [0.4, 0.5) is 0 Å². The number of morpholine rings is 1. The SMILES string of the molecule is C[C@@H]1CN(S(=O)(=O)CCN)C[C@H](C)O1. The summed E-state index contributed by atoms with van der Waals surface area (Å²) in [5.41, 5.74) is 5.25. The summed E-state index contributed by atoms with van der Waals surface area (Å²) < 4.78 is 30.3. The molecule has 14 heavy (non-hydrogen) atoms. The van der Waals surface area contributed by atoms with E-state index in [0.29, 0.717) is 13.1 Å². The average Bonchev–Trinajstić information content (AvgIpc) is 2.02. The zero-order valence-electron chi connectivity index (χ0n) is 8.64. The minimum atomic E-state index is -3.17. The van der Waals surface area contributed by atoms with Gasteiger partial charge in [-0.15, -0.1) is 0 Å². The van der Waals surface area contributed by atoms with Crippen molar-refractivity contribution in [2.75, 3.05) is 25.4 Å². The van der Waals surface area contributed by atoms with Gasteiger partial charge in [0.15, 0.2) is 0 Å². The van der Waals surface area contributed by atoms with Crippen molar-refractivity contribution in [2.24, 2.45) is 5.73 Å². The Bertz CT molecular complexity index is 268. The molecule has 0 aliphatic carbocycles. The van der Waals surface area contributed by atoms with Crippen molar-refractivity contribution < 1.29 is 13.2 Å². The third-order valence-electron chi connectivity index (χ3n) is 2.16. The largest absolute Gasteiger partial charge is 0.373 e. The lowest BCUT2D eigenvalue weighted by Crippen LogP contribution is -2.49. The Morgan fingerprint density at radius 3 is 2.29 bits per heavy atom. The first-order valence-electron chi connectivity index (χ1n) is 4.79. The minimum Gasteiger partial charge on any atom is -0.373 e. The third kappa shape index (κ3) is 2.91. The average molecular weight is 222 g/mol. The smallest absolute Gasteiger partial charge is 0.215 e. The summed E-state index contributed by atoms with van der Waals surface area (Å²) in [7, 11) is -3.17. The second kappa shape index (κ2) is 4.57. The quantitative estimate of drug-likeness (QED) is 0.691. The van der Waals surface area contributed by atoms with E-state index in [1.54, 1.807) is 0 Å². The van der Waals surface area contributed by atoms with Crippen LogP contribution < -0.4 is 5.73 Å². The van der Waals surface area contributed by atoms with Gasteiger partial charge in [0.1, 0.15) is 0 Å². The van der Waals surface area contributed by atoms with Gasteiger partial charge >= 0.3 is 0 Å². The molecule has 0 saturated carbocycles. The molecule has 0 amide bonds. The standard InChI is InChI=1S/C8H18N2O3S/c1-7-5-10(6-8(2)13-7)14(11,12)4-3-9/h7-8H,3-6,9H2,1-2H3/t7-,8+. The fraction of sp³-hybridized carbons (Fsp3) is 1.00. The van der Waals surface area contributed by atoms with Crippen LogP contribution in [0.15, 0.2) is 0 Å². The van der Waals surface area contributed by atoms with E-state index in [1.807, 2.05) is 13.8 Å². The first kappa shape index (κ1) is 11.9. The Balaban J connectivity index is 2.68. The van der Waals surface area contributed by atoms with Crippen molar-refractivity contribution in [3.63, 3.8) is 0 Å². The van der Waals surface area contributed by atoms with Crippen LogP contribution in [0.2, 0.25) is 0 Å². The van der Waals surface area contributed by atoms with E-state index in [9.17, 15) is 8.42 Å². The van der Waals surface area contributed by atoms with Gasteiger partial charge in [-0.3, -0.25) is 0 Å². The molecule has 1 aliphatic rings. The third-order valence-corrected chi connectivity index (χ3v) is 3.99.